The van der Waals surface area contributed by atoms with Gasteiger partial charge in [-0.25, -0.2) is 9.18 Å². The Balaban J connectivity index is 2.03. The molecular formula is C12H14FN5O5. The molecule has 23 heavy (non-hydrogen) atoms. The predicted molar refractivity (Wildman–Crippen MR) is 73.1 cm³/mol. The van der Waals surface area contributed by atoms with Crippen molar-refractivity contribution in [3.05, 3.63) is 43.5 Å². The van der Waals surface area contributed by atoms with Gasteiger partial charge in [0.2, 0.25) is 5.85 Å². The lowest BCUT2D eigenvalue weighted by Gasteiger charge is -2.27. The summed E-state index contributed by atoms with van der Waals surface area (Å²) < 4.78 is 32.5. The van der Waals surface area contributed by atoms with E-state index in [9.17, 15) is 9.59 Å². The van der Waals surface area contributed by atoms with Gasteiger partial charge in [0, 0.05) is 17.2 Å². The van der Waals surface area contributed by atoms with Crippen molar-refractivity contribution in [2.24, 2.45) is 5.11 Å². The van der Waals surface area contributed by atoms with E-state index in [0.29, 0.717) is 0 Å². The third-order valence-electron chi connectivity index (χ3n) is 3.63. The second-order valence-electron chi connectivity index (χ2n) is 5.72. The summed E-state index contributed by atoms with van der Waals surface area (Å²) >= 11 is 0. The molecule has 3 rings (SSSR count). The molecule has 10 nitrogen and oxygen atoms in total. The number of alkyl halides is 1. The van der Waals surface area contributed by atoms with Crippen LogP contribution in [0.1, 0.15) is 20.1 Å². The molecule has 0 radical (unpaired) electrons. The number of halogens is 1. The Morgan fingerprint density at radius 1 is 1.43 bits per heavy atom. The maximum absolute atomic E-state index is 15.1. The van der Waals surface area contributed by atoms with Crippen LogP contribution in [0.4, 0.5) is 4.39 Å². The minimum atomic E-state index is -2.45. The van der Waals surface area contributed by atoms with Crippen LogP contribution in [0.3, 0.4) is 0 Å². The molecule has 0 saturated carbocycles. The highest BCUT2D eigenvalue weighted by molar-refractivity contribution is 5.03. The Morgan fingerprint density at radius 2 is 2.17 bits per heavy atom. The van der Waals surface area contributed by atoms with Gasteiger partial charge in [-0.2, -0.15) is 0 Å². The average Bonchev–Trinajstić information content (AvgIpc) is 2.91. The minimum Gasteiger partial charge on any atom is -0.340 e. The van der Waals surface area contributed by atoms with E-state index < -0.39 is 47.9 Å². The second kappa shape index (κ2) is 5.17. The Hall–Kier alpha value is -2.20. The molecule has 0 aromatic carbocycles. The molecule has 4 atom stereocenters. The summed E-state index contributed by atoms with van der Waals surface area (Å²) in [5, 5.41) is 3.20. The number of hydrogen-bond donors (Lipinski definition) is 1. The lowest BCUT2D eigenvalue weighted by atomic mass is 10.1. The van der Waals surface area contributed by atoms with E-state index in [4.69, 9.17) is 19.7 Å². The number of aromatic nitrogens is 2. The van der Waals surface area contributed by atoms with Crippen LogP contribution in [-0.4, -0.2) is 39.9 Å². The molecule has 0 aliphatic carbocycles. The fourth-order valence-electron chi connectivity index (χ4n) is 2.76. The zero-order chi connectivity index (χ0) is 16.8. The Morgan fingerprint density at radius 3 is 2.83 bits per heavy atom. The number of aromatic amines is 1. The van der Waals surface area contributed by atoms with Crippen molar-refractivity contribution in [3.8, 4) is 0 Å². The second-order valence-corrected chi connectivity index (χ2v) is 5.72. The van der Waals surface area contributed by atoms with Crippen LogP contribution in [0.15, 0.2) is 27.0 Å². The zero-order valence-corrected chi connectivity index (χ0v) is 12.3. The largest absolute Gasteiger partial charge is 0.340 e. The number of H-pyrrole nitrogens is 1. The van der Waals surface area contributed by atoms with Gasteiger partial charge in [-0.3, -0.25) is 14.3 Å². The first-order valence-electron chi connectivity index (χ1n) is 6.80. The molecule has 2 aliphatic heterocycles. The average molecular weight is 327 g/mol. The smallest absolute Gasteiger partial charge is 0.330 e. The normalized spacial score (nSPS) is 34.8. The molecule has 124 valence electrons. The Bertz CT molecular complexity index is 785. The van der Waals surface area contributed by atoms with Crippen LogP contribution in [0.5, 0.6) is 0 Å². The zero-order valence-electron chi connectivity index (χ0n) is 12.3. The monoisotopic (exact) mass is 327 g/mol. The summed E-state index contributed by atoms with van der Waals surface area (Å²) in [4.78, 5) is 27.7. The van der Waals surface area contributed by atoms with E-state index in [1.54, 1.807) is 13.8 Å². The first-order chi connectivity index (χ1) is 10.8. The molecule has 11 heteroatoms. The van der Waals surface area contributed by atoms with Crippen LogP contribution in [0, 0.1) is 0 Å². The maximum Gasteiger partial charge on any atom is 0.330 e. The van der Waals surface area contributed by atoms with Crippen molar-refractivity contribution in [1.29, 1.82) is 0 Å². The van der Waals surface area contributed by atoms with Crippen LogP contribution < -0.4 is 11.2 Å². The lowest BCUT2D eigenvalue weighted by molar-refractivity contribution is -0.252. The standard InChI is InChI=1S/C12H14FN5O5/c1-11(2)21-7-8(22-11)12(13,5-15-17-14)23-9(7)18-4-3-6(19)16-10(18)20/h3-4,7-9H,5H2,1-2H3,(H,16,19,20)/t7-,8?,9+,12?/m0/s1. The fourth-order valence-corrected chi connectivity index (χ4v) is 2.76. The van der Waals surface area contributed by atoms with Crippen LogP contribution >= 0.6 is 0 Å². The van der Waals surface area contributed by atoms with E-state index in [2.05, 4.69) is 15.0 Å². The summed E-state index contributed by atoms with van der Waals surface area (Å²) in [7, 11) is 0. The first-order valence-corrected chi connectivity index (χ1v) is 6.80. The topological polar surface area (TPSA) is 131 Å². The summed E-state index contributed by atoms with van der Waals surface area (Å²) in [6.45, 7) is 2.54. The number of rotatable bonds is 3. The summed E-state index contributed by atoms with van der Waals surface area (Å²) in [5.41, 5.74) is 7.04. The fraction of sp³-hybridized carbons (Fsp3) is 0.667. The van der Waals surface area contributed by atoms with Crippen molar-refractivity contribution in [2.75, 3.05) is 6.54 Å². The Labute approximate surface area is 128 Å². The SMILES string of the molecule is CC1(C)OC2[C@H](O1)[C@H](n1ccc(=O)[nH]c1=O)OC2(F)CN=[N+]=[N-]. The lowest BCUT2D eigenvalue weighted by Crippen LogP contribution is -2.41. The van der Waals surface area contributed by atoms with Gasteiger partial charge in [0.25, 0.3) is 5.56 Å². The highest BCUT2D eigenvalue weighted by Crippen LogP contribution is 2.48. The van der Waals surface area contributed by atoms with Crippen LogP contribution in [0.25, 0.3) is 10.4 Å². The van der Waals surface area contributed by atoms with Gasteiger partial charge >= 0.3 is 5.69 Å². The first kappa shape index (κ1) is 15.7. The molecule has 3 heterocycles. The number of nitrogens with one attached hydrogen (secondary N) is 1. The van der Waals surface area contributed by atoms with Gasteiger partial charge < -0.3 is 14.2 Å². The van der Waals surface area contributed by atoms with Crippen LogP contribution in [0.2, 0.25) is 0 Å². The van der Waals surface area contributed by atoms with Crippen molar-refractivity contribution in [2.45, 2.75) is 43.9 Å². The van der Waals surface area contributed by atoms with E-state index in [-0.39, 0.29) is 0 Å². The summed E-state index contributed by atoms with van der Waals surface area (Å²) in [6, 6.07) is 1.10. The van der Waals surface area contributed by atoms with Gasteiger partial charge in [0.05, 0.1) is 6.54 Å². The highest BCUT2D eigenvalue weighted by Gasteiger charge is 2.64. The molecule has 0 bridgehead atoms. The van der Waals surface area contributed by atoms with E-state index in [0.717, 1.165) is 10.6 Å². The summed E-state index contributed by atoms with van der Waals surface area (Å²) in [5.74, 6) is -3.55. The molecular weight excluding hydrogens is 313 g/mol. The number of azide groups is 1. The Kier molecular flexibility index (Phi) is 3.52. The molecule has 2 fully saturated rings. The van der Waals surface area contributed by atoms with Gasteiger partial charge in [-0.1, -0.05) is 5.11 Å². The number of nitrogens with zero attached hydrogens (tertiary/aromatic N) is 4. The third-order valence-corrected chi connectivity index (χ3v) is 3.63. The number of fused-ring (bicyclic) bond motifs is 1. The molecule has 2 aliphatic rings. The van der Waals surface area contributed by atoms with E-state index in [1.165, 1.54) is 6.20 Å². The van der Waals surface area contributed by atoms with E-state index >= 15 is 4.39 Å². The van der Waals surface area contributed by atoms with Gasteiger partial charge in [-0.05, 0) is 19.4 Å². The molecule has 1 aromatic heterocycles. The van der Waals surface area contributed by atoms with Crippen molar-refractivity contribution >= 4 is 0 Å². The predicted octanol–water partition coefficient (Wildman–Crippen LogP) is 0.562. The van der Waals surface area contributed by atoms with Gasteiger partial charge in [0.15, 0.2) is 18.1 Å². The van der Waals surface area contributed by atoms with Crippen molar-refractivity contribution < 1.29 is 18.6 Å². The minimum absolute atomic E-state index is 0.592. The molecule has 1 aromatic rings. The van der Waals surface area contributed by atoms with Crippen LogP contribution in [-0.2, 0) is 14.2 Å². The number of hydrogen-bond acceptors (Lipinski definition) is 6. The van der Waals surface area contributed by atoms with Crippen molar-refractivity contribution in [3.63, 3.8) is 0 Å². The molecule has 0 amide bonds. The molecule has 0 spiro atoms. The molecule has 2 saturated heterocycles. The van der Waals surface area contributed by atoms with E-state index in [1.807, 2.05) is 0 Å². The highest BCUT2D eigenvalue weighted by atomic mass is 19.2. The third kappa shape index (κ3) is 2.63. The quantitative estimate of drug-likeness (QED) is 0.492. The van der Waals surface area contributed by atoms with Gasteiger partial charge in [-0.15, -0.1) is 0 Å². The maximum atomic E-state index is 15.1. The molecule has 2 unspecified atom stereocenters. The number of ether oxygens (including phenoxy) is 3. The van der Waals surface area contributed by atoms with Crippen molar-refractivity contribution in [1.82, 2.24) is 9.55 Å². The van der Waals surface area contributed by atoms with Gasteiger partial charge in [0.1, 0.15) is 6.10 Å². The molecule has 1 N–H and O–H groups in total. The summed E-state index contributed by atoms with van der Waals surface area (Å²) in [6.07, 6.45) is -2.14.